The Kier molecular flexibility index (Phi) is 4.65. The van der Waals surface area contributed by atoms with Gasteiger partial charge in [-0.1, -0.05) is 66.7 Å². The molecular weight excluding hydrogens is 268 g/mol. The smallest absolute Gasteiger partial charge is 0.150 e. The number of benzene rings is 3. The maximum atomic E-state index is 11.1. The van der Waals surface area contributed by atoms with Crippen molar-refractivity contribution in [1.82, 2.24) is 0 Å². The fourth-order valence-electron chi connectivity index (χ4n) is 2.99. The molecule has 0 aliphatic carbocycles. The number of carbonyl (C=O) groups is 1. The summed E-state index contributed by atoms with van der Waals surface area (Å²) in [5.41, 5.74) is 3.53. The topological polar surface area (TPSA) is 17.1 Å². The highest BCUT2D eigenvalue weighted by atomic mass is 16.1. The zero-order valence-corrected chi connectivity index (χ0v) is 12.7. The van der Waals surface area contributed by atoms with Crippen LogP contribution < -0.4 is 0 Å². The van der Waals surface area contributed by atoms with Crippen molar-refractivity contribution in [3.8, 4) is 0 Å². The standard InChI is InChI=1S/C21H20O/c22-16-19-15-14-18(20-12-6-7-13-21(19)20)11-5-4-10-17-8-2-1-3-9-17/h1-3,6-9,12-16H,4-5,10-11H2. The third-order valence-electron chi connectivity index (χ3n) is 4.18. The molecule has 0 fully saturated rings. The van der Waals surface area contributed by atoms with Gasteiger partial charge in [0.15, 0.2) is 6.29 Å². The van der Waals surface area contributed by atoms with Gasteiger partial charge in [-0.25, -0.2) is 0 Å². The third-order valence-corrected chi connectivity index (χ3v) is 4.18. The van der Waals surface area contributed by atoms with Gasteiger partial charge in [0.05, 0.1) is 0 Å². The average molecular weight is 288 g/mol. The summed E-state index contributed by atoms with van der Waals surface area (Å²) in [6.07, 6.45) is 5.49. The van der Waals surface area contributed by atoms with E-state index in [9.17, 15) is 4.79 Å². The molecule has 3 aromatic carbocycles. The largest absolute Gasteiger partial charge is 0.298 e. The van der Waals surface area contributed by atoms with Crippen LogP contribution in [0.2, 0.25) is 0 Å². The summed E-state index contributed by atoms with van der Waals surface area (Å²) >= 11 is 0. The Morgan fingerprint density at radius 1 is 0.682 bits per heavy atom. The fraction of sp³-hybridized carbons (Fsp3) is 0.190. The molecule has 0 amide bonds. The second-order valence-corrected chi connectivity index (χ2v) is 5.67. The van der Waals surface area contributed by atoms with Gasteiger partial charge < -0.3 is 0 Å². The van der Waals surface area contributed by atoms with Crippen molar-refractivity contribution in [3.05, 3.63) is 83.4 Å². The van der Waals surface area contributed by atoms with E-state index in [1.54, 1.807) is 0 Å². The quantitative estimate of drug-likeness (QED) is 0.449. The van der Waals surface area contributed by atoms with Crippen molar-refractivity contribution in [1.29, 1.82) is 0 Å². The van der Waals surface area contributed by atoms with Crippen molar-refractivity contribution >= 4 is 17.1 Å². The SMILES string of the molecule is O=Cc1ccc(CCCCc2ccccc2)c2ccccc12. The van der Waals surface area contributed by atoms with E-state index in [1.807, 2.05) is 24.3 Å². The lowest BCUT2D eigenvalue weighted by Gasteiger charge is -2.08. The molecule has 0 unspecified atom stereocenters. The van der Waals surface area contributed by atoms with E-state index in [0.29, 0.717) is 0 Å². The molecule has 0 N–H and O–H groups in total. The van der Waals surface area contributed by atoms with Gasteiger partial charge in [0.25, 0.3) is 0 Å². The van der Waals surface area contributed by atoms with E-state index < -0.39 is 0 Å². The molecule has 0 saturated carbocycles. The number of rotatable bonds is 6. The van der Waals surface area contributed by atoms with Crippen LogP contribution in [0.5, 0.6) is 0 Å². The molecule has 22 heavy (non-hydrogen) atoms. The van der Waals surface area contributed by atoms with Gasteiger partial charge in [0.1, 0.15) is 0 Å². The first-order chi connectivity index (χ1) is 10.9. The molecular formula is C21H20O. The highest BCUT2D eigenvalue weighted by Gasteiger charge is 2.05. The van der Waals surface area contributed by atoms with Crippen molar-refractivity contribution in [2.75, 3.05) is 0 Å². The van der Waals surface area contributed by atoms with Crippen LogP contribution in [0.1, 0.15) is 34.3 Å². The Bertz CT molecular complexity index is 759. The van der Waals surface area contributed by atoms with Crippen molar-refractivity contribution in [2.24, 2.45) is 0 Å². The summed E-state index contributed by atoms with van der Waals surface area (Å²) in [5, 5.41) is 2.28. The zero-order chi connectivity index (χ0) is 15.2. The van der Waals surface area contributed by atoms with E-state index in [4.69, 9.17) is 0 Å². The van der Waals surface area contributed by atoms with Crippen LogP contribution in [0.4, 0.5) is 0 Å². The first-order valence-corrected chi connectivity index (χ1v) is 7.88. The van der Waals surface area contributed by atoms with Crippen LogP contribution in [-0.4, -0.2) is 6.29 Å². The minimum atomic E-state index is 0.781. The molecule has 0 aliphatic heterocycles. The molecule has 0 aromatic heterocycles. The van der Waals surface area contributed by atoms with Crippen LogP contribution in [0.15, 0.2) is 66.7 Å². The van der Waals surface area contributed by atoms with Gasteiger partial charge in [-0.2, -0.15) is 0 Å². The monoisotopic (exact) mass is 288 g/mol. The fourth-order valence-corrected chi connectivity index (χ4v) is 2.99. The molecule has 0 saturated heterocycles. The molecule has 110 valence electrons. The second kappa shape index (κ2) is 7.04. The third kappa shape index (κ3) is 3.25. The van der Waals surface area contributed by atoms with Gasteiger partial charge in [-0.3, -0.25) is 4.79 Å². The van der Waals surface area contributed by atoms with E-state index in [1.165, 1.54) is 29.4 Å². The zero-order valence-electron chi connectivity index (χ0n) is 12.7. The summed E-state index contributed by atoms with van der Waals surface area (Å²) in [6.45, 7) is 0. The van der Waals surface area contributed by atoms with Gasteiger partial charge in [0, 0.05) is 5.56 Å². The van der Waals surface area contributed by atoms with Gasteiger partial charge in [-0.15, -0.1) is 0 Å². The van der Waals surface area contributed by atoms with Crippen LogP contribution >= 0.6 is 0 Å². The molecule has 3 aromatic rings. The van der Waals surface area contributed by atoms with Gasteiger partial charge in [-0.05, 0) is 47.6 Å². The van der Waals surface area contributed by atoms with Crippen LogP contribution in [-0.2, 0) is 12.8 Å². The van der Waals surface area contributed by atoms with E-state index in [0.717, 1.165) is 30.1 Å². The van der Waals surface area contributed by atoms with E-state index >= 15 is 0 Å². The minimum absolute atomic E-state index is 0.781. The van der Waals surface area contributed by atoms with Crippen LogP contribution in [0, 0.1) is 0 Å². The highest BCUT2D eigenvalue weighted by Crippen LogP contribution is 2.23. The first kappa shape index (κ1) is 14.5. The number of fused-ring (bicyclic) bond motifs is 1. The predicted molar refractivity (Wildman–Crippen MR) is 92.4 cm³/mol. The minimum Gasteiger partial charge on any atom is -0.298 e. The Labute approximate surface area is 131 Å². The van der Waals surface area contributed by atoms with Crippen LogP contribution in [0.3, 0.4) is 0 Å². The van der Waals surface area contributed by atoms with Crippen molar-refractivity contribution in [3.63, 3.8) is 0 Å². The predicted octanol–water partition coefficient (Wildman–Crippen LogP) is 5.22. The maximum absolute atomic E-state index is 11.1. The normalized spacial score (nSPS) is 10.7. The lowest BCUT2D eigenvalue weighted by Crippen LogP contribution is -1.93. The second-order valence-electron chi connectivity index (χ2n) is 5.67. The van der Waals surface area contributed by atoms with Gasteiger partial charge in [0.2, 0.25) is 0 Å². The first-order valence-electron chi connectivity index (χ1n) is 7.88. The Balaban J connectivity index is 1.68. The van der Waals surface area contributed by atoms with E-state index in [-0.39, 0.29) is 0 Å². The lowest BCUT2D eigenvalue weighted by atomic mass is 9.96. The van der Waals surface area contributed by atoms with Gasteiger partial charge >= 0.3 is 0 Å². The Hall–Kier alpha value is -2.41. The molecule has 0 spiro atoms. The Morgan fingerprint density at radius 2 is 1.36 bits per heavy atom. The molecule has 0 radical (unpaired) electrons. The number of carbonyl (C=O) groups excluding carboxylic acids is 1. The highest BCUT2D eigenvalue weighted by molar-refractivity contribution is 5.99. The molecule has 0 atom stereocenters. The molecule has 3 rings (SSSR count). The van der Waals surface area contributed by atoms with Crippen LogP contribution in [0.25, 0.3) is 10.8 Å². The van der Waals surface area contributed by atoms with E-state index in [2.05, 4.69) is 42.5 Å². The number of hydrogen-bond acceptors (Lipinski definition) is 1. The molecule has 0 heterocycles. The maximum Gasteiger partial charge on any atom is 0.150 e. The number of hydrogen-bond donors (Lipinski definition) is 0. The summed E-state index contributed by atoms with van der Waals surface area (Å²) in [4.78, 5) is 11.1. The molecule has 0 bridgehead atoms. The lowest BCUT2D eigenvalue weighted by molar-refractivity contribution is 0.112. The average Bonchev–Trinajstić information content (AvgIpc) is 2.59. The summed E-state index contributed by atoms with van der Waals surface area (Å²) in [6, 6.07) is 22.9. The number of aldehydes is 1. The molecule has 1 nitrogen and oxygen atoms in total. The van der Waals surface area contributed by atoms with Crippen molar-refractivity contribution < 1.29 is 4.79 Å². The Morgan fingerprint density at radius 3 is 2.14 bits per heavy atom. The number of unbranched alkanes of at least 4 members (excludes halogenated alkanes) is 1. The number of aryl methyl sites for hydroxylation is 2. The van der Waals surface area contributed by atoms with Crippen molar-refractivity contribution in [2.45, 2.75) is 25.7 Å². The molecule has 0 aliphatic rings. The summed E-state index contributed by atoms with van der Waals surface area (Å²) in [7, 11) is 0. The molecule has 1 heteroatoms. The summed E-state index contributed by atoms with van der Waals surface area (Å²) in [5.74, 6) is 0. The summed E-state index contributed by atoms with van der Waals surface area (Å²) < 4.78 is 0.